The Morgan fingerprint density at radius 3 is 2.44 bits per heavy atom. The average Bonchev–Trinajstić information content (AvgIpc) is 3.71. The number of nitrogens with two attached hydrogens (primary N) is 1. The predicted molar refractivity (Wildman–Crippen MR) is 212 cm³/mol. The number of nitrogens with zero attached hydrogens (tertiary/aromatic N) is 5. The molecular weight excluding hydrogens is 693 g/mol. The molecule has 3 amide bonds. The summed E-state index contributed by atoms with van der Waals surface area (Å²) >= 11 is 0. The monoisotopic (exact) mass is 735 g/mol. The van der Waals surface area contributed by atoms with Crippen molar-refractivity contribution in [1.29, 1.82) is 5.41 Å². The van der Waals surface area contributed by atoms with Gasteiger partial charge in [0.15, 0.2) is 6.20 Å². The molecular formula is C43H43N8O4+. The molecule has 9 rings (SSSR count). The van der Waals surface area contributed by atoms with Gasteiger partial charge in [0.25, 0.3) is 5.91 Å². The smallest absolute Gasteiger partial charge is 0.259 e. The third-order valence-corrected chi connectivity index (χ3v) is 12.0. The highest BCUT2D eigenvalue weighted by Gasteiger charge is 2.42. The number of benzene rings is 3. The third kappa shape index (κ3) is 6.16. The minimum Gasteiger partial charge on any atom is -0.507 e. The fraction of sp³-hybridized carbons (Fsp3) is 0.302. The number of imide groups is 1. The van der Waals surface area contributed by atoms with Gasteiger partial charge in [-0.3, -0.25) is 30.0 Å². The zero-order chi connectivity index (χ0) is 37.8. The van der Waals surface area contributed by atoms with Crippen LogP contribution < -0.4 is 20.9 Å². The van der Waals surface area contributed by atoms with Gasteiger partial charge in [-0.15, -0.1) is 0 Å². The number of allylic oxidation sites excluding steroid dienone is 2. The first kappa shape index (κ1) is 34.6. The van der Waals surface area contributed by atoms with Crippen molar-refractivity contribution in [3.63, 3.8) is 0 Å². The topological polar surface area (TPSA) is 159 Å². The van der Waals surface area contributed by atoms with Crippen molar-refractivity contribution >= 4 is 62.8 Å². The molecule has 1 unspecified atom stereocenters. The van der Waals surface area contributed by atoms with Crippen LogP contribution in [0, 0.1) is 5.41 Å². The minimum absolute atomic E-state index is 0.106. The van der Waals surface area contributed by atoms with E-state index in [0.29, 0.717) is 52.3 Å². The number of likely N-dealkylation sites (tertiary alicyclic amines) is 1. The van der Waals surface area contributed by atoms with Gasteiger partial charge in [-0.1, -0.05) is 36.4 Å². The van der Waals surface area contributed by atoms with Crippen molar-refractivity contribution in [3.05, 3.63) is 108 Å². The van der Waals surface area contributed by atoms with Crippen LogP contribution >= 0.6 is 0 Å². The van der Waals surface area contributed by atoms with E-state index < -0.39 is 11.9 Å². The fourth-order valence-electron chi connectivity index (χ4n) is 9.07. The minimum atomic E-state index is -0.728. The van der Waals surface area contributed by atoms with Crippen LogP contribution in [0.5, 0.6) is 5.75 Å². The molecule has 5 aliphatic rings. The van der Waals surface area contributed by atoms with Gasteiger partial charge in [-0.2, -0.15) is 4.58 Å². The zero-order valence-corrected chi connectivity index (χ0v) is 30.4. The summed E-state index contributed by atoms with van der Waals surface area (Å²) in [7, 11) is 0. The van der Waals surface area contributed by atoms with Crippen LogP contribution in [0.4, 0.5) is 17.2 Å². The molecule has 3 fully saturated rings. The molecule has 12 heteroatoms. The van der Waals surface area contributed by atoms with Gasteiger partial charge in [0.1, 0.15) is 23.3 Å². The number of hydrogen-bond donors (Lipinski definition) is 4. The van der Waals surface area contributed by atoms with Crippen molar-refractivity contribution in [2.45, 2.75) is 56.5 Å². The third-order valence-electron chi connectivity index (χ3n) is 12.0. The Kier molecular flexibility index (Phi) is 8.77. The number of phenols is 1. The molecule has 55 heavy (non-hydrogen) atoms. The molecule has 0 saturated carbocycles. The Bertz CT molecular complexity index is 2350. The van der Waals surface area contributed by atoms with E-state index in [-0.39, 0.29) is 24.0 Å². The molecule has 1 atom stereocenters. The Hall–Kier alpha value is -6.14. The van der Waals surface area contributed by atoms with Gasteiger partial charge in [0, 0.05) is 71.9 Å². The van der Waals surface area contributed by atoms with Crippen LogP contribution in [0.2, 0.25) is 0 Å². The van der Waals surface area contributed by atoms with Crippen LogP contribution in [0.25, 0.3) is 16.5 Å². The maximum Gasteiger partial charge on any atom is 0.259 e. The van der Waals surface area contributed by atoms with E-state index in [9.17, 15) is 19.5 Å². The lowest BCUT2D eigenvalue weighted by atomic mass is 9.88. The van der Waals surface area contributed by atoms with Crippen LogP contribution in [-0.2, 0) is 9.59 Å². The molecule has 12 nitrogen and oxygen atoms in total. The molecule has 0 radical (unpaired) electrons. The van der Waals surface area contributed by atoms with Crippen molar-refractivity contribution in [1.82, 2.24) is 15.2 Å². The number of rotatable bonds is 7. The van der Waals surface area contributed by atoms with E-state index in [1.54, 1.807) is 36.5 Å². The van der Waals surface area contributed by atoms with Gasteiger partial charge in [-0.25, -0.2) is 4.98 Å². The lowest BCUT2D eigenvalue weighted by molar-refractivity contribution is -0.354. The number of carbonyl (C=O) groups is 3. The second-order valence-electron chi connectivity index (χ2n) is 15.1. The lowest BCUT2D eigenvalue weighted by Gasteiger charge is -2.42. The Morgan fingerprint density at radius 2 is 1.69 bits per heavy atom. The molecule has 278 valence electrons. The molecule has 0 bridgehead atoms. The Morgan fingerprint density at radius 1 is 0.927 bits per heavy atom. The number of pyridine rings is 1. The van der Waals surface area contributed by atoms with E-state index in [0.717, 1.165) is 74.1 Å². The molecule has 3 saturated heterocycles. The molecule has 0 spiro atoms. The molecule has 5 aliphatic heterocycles. The average molecular weight is 736 g/mol. The van der Waals surface area contributed by atoms with Gasteiger partial charge in [-0.05, 0) is 74.9 Å². The summed E-state index contributed by atoms with van der Waals surface area (Å²) in [5, 5.41) is 22.9. The van der Waals surface area contributed by atoms with E-state index in [1.165, 1.54) is 10.5 Å². The number of phenolic OH excluding ortho intramolecular Hbond substituents is 1. The van der Waals surface area contributed by atoms with Crippen molar-refractivity contribution < 1.29 is 24.1 Å². The van der Waals surface area contributed by atoms with Crippen molar-refractivity contribution in [2.24, 2.45) is 5.73 Å². The van der Waals surface area contributed by atoms with Gasteiger partial charge >= 0.3 is 0 Å². The summed E-state index contributed by atoms with van der Waals surface area (Å²) in [4.78, 5) is 49.5. The second kappa shape index (κ2) is 13.9. The number of amides is 3. The van der Waals surface area contributed by atoms with Crippen LogP contribution in [0.3, 0.4) is 0 Å². The van der Waals surface area contributed by atoms with Gasteiger partial charge < -0.3 is 20.6 Å². The zero-order valence-electron chi connectivity index (χ0n) is 30.4. The van der Waals surface area contributed by atoms with E-state index >= 15 is 0 Å². The standard InChI is InChI=1S/C43H42N8O4/c44-33-18-23-50(36(33)24-34(45)30-4-1-2-7-38(30)52)29-10-8-26(9-11-29)27-14-19-48(20-15-27)28-16-21-49(22-17-28)41-31-5-3-6-32-40(31)37(25-46-41)51(43(32)55)35-12-13-39(53)47-42(35)54/h1-11,18,23-25,27-28,35,44H,12-17,19-22H2,(H3,45,47,52,53,54)/p+1. The first-order chi connectivity index (χ1) is 26.7. The quantitative estimate of drug-likeness (QED) is 0.149. The van der Waals surface area contributed by atoms with Gasteiger partial charge in [0.05, 0.1) is 17.4 Å². The second-order valence-corrected chi connectivity index (χ2v) is 15.1. The number of carbonyl (C=O) groups excluding carboxylic acids is 3. The van der Waals surface area contributed by atoms with E-state index in [2.05, 4.69) is 39.4 Å². The van der Waals surface area contributed by atoms with Crippen molar-refractivity contribution in [3.8, 4) is 5.75 Å². The summed E-state index contributed by atoms with van der Waals surface area (Å²) in [6.07, 6.45) is 11.9. The van der Waals surface area contributed by atoms with Crippen LogP contribution in [0.15, 0.2) is 91.3 Å². The number of hydrogen-bond acceptors (Lipinski definition) is 9. The molecule has 5 N–H and O–H groups in total. The molecule has 3 aromatic carbocycles. The Labute approximate surface area is 318 Å². The summed E-state index contributed by atoms with van der Waals surface area (Å²) in [6, 6.07) is 21.1. The predicted octanol–water partition coefficient (Wildman–Crippen LogP) is 5.19. The number of aromatic nitrogens is 1. The molecule has 4 aromatic rings. The number of nitrogens with one attached hydrogen (secondary N) is 2. The molecule has 0 aliphatic carbocycles. The summed E-state index contributed by atoms with van der Waals surface area (Å²) < 4.78 is 1.96. The van der Waals surface area contributed by atoms with Crippen LogP contribution in [0.1, 0.15) is 65.9 Å². The highest BCUT2D eigenvalue weighted by Crippen LogP contribution is 2.43. The Balaban J connectivity index is 0.834. The van der Waals surface area contributed by atoms with Gasteiger partial charge in [0.2, 0.25) is 23.2 Å². The number of aromatic hydroxyl groups is 1. The lowest BCUT2D eigenvalue weighted by Crippen LogP contribution is -2.53. The number of piperidine rings is 3. The summed E-state index contributed by atoms with van der Waals surface area (Å²) in [6.45, 7) is 3.85. The highest BCUT2D eigenvalue weighted by molar-refractivity contribution is 6.49. The first-order valence-corrected chi connectivity index (χ1v) is 19.1. The van der Waals surface area contributed by atoms with Crippen molar-refractivity contribution in [2.75, 3.05) is 36.0 Å². The number of anilines is 2. The summed E-state index contributed by atoms with van der Waals surface area (Å²) in [5.74, 6) is 0.504. The highest BCUT2D eigenvalue weighted by atomic mass is 16.3. The van der Waals surface area contributed by atoms with E-state index in [1.807, 2.05) is 35.0 Å². The largest absolute Gasteiger partial charge is 0.507 e. The van der Waals surface area contributed by atoms with E-state index in [4.69, 9.17) is 16.1 Å². The fourth-order valence-corrected chi connectivity index (χ4v) is 9.07. The maximum absolute atomic E-state index is 13.6. The number of para-hydroxylation sites is 1. The SMILES string of the molecule is N=C1C=C[N+](c2ccc(C3CCN(C4CCN(c5ncc6c7c(cccc57)C(=O)N6C5CCC(=O)NC5=O)CC4)CC3)cc2)=C1/C=C(\N)c1ccccc1O. The first-order valence-electron chi connectivity index (χ1n) is 19.1. The molecule has 6 heterocycles. The normalized spacial score (nSPS) is 21.4. The molecule has 1 aromatic heterocycles. The maximum atomic E-state index is 13.6. The summed E-state index contributed by atoms with van der Waals surface area (Å²) in [5.41, 5.74) is 11.8. The van der Waals surface area contributed by atoms with Crippen LogP contribution in [-0.4, -0.2) is 87.0 Å².